The molecule has 0 bridgehead atoms. The molecule has 1 saturated heterocycles. The van der Waals surface area contributed by atoms with Crippen LogP contribution in [-0.4, -0.2) is 34.0 Å². The second-order valence-electron chi connectivity index (χ2n) is 5.27. The molecule has 0 N–H and O–H groups in total. The Balaban J connectivity index is 1.78. The minimum atomic E-state index is 0.0946. The second kappa shape index (κ2) is 5.85. The number of benzene rings is 1. The Hall–Kier alpha value is -1.88. The van der Waals surface area contributed by atoms with Crippen molar-refractivity contribution in [1.82, 2.24) is 15.0 Å². The molecule has 0 aliphatic carbocycles. The normalized spacial score (nSPS) is 18.8. The number of halogens is 1. The van der Waals surface area contributed by atoms with Crippen LogP contribution < -0.4 is 0 Å². The van der Waals surface area contributed by atoms with Gasteiger partial charge in [-0.05, 0) is 37.1 Å². The molecule has 2 heterocycles. The van der Waals surface area contributed by atoms with Crippen molar-refractivity contribution in [3.63, 3.8) is 0 Å². The molecule has 1 aliphatic heterocycles. The van der Waals surface area contributed by atoms with Crippen molar-refractivity contribution in [3.05, 3.63) is 35.2 Å². The number of carbonyl (C=O) groups is 1. The molecule has 6 heteroatoms. The van der Waals surface area contributed by atoms with E-state index < -0.39 is 0 Å². The van der Waals surface area contributed by atoms with Gasteiger partial charge in [-0.15, -0.1) is 0 Å². The van der Waals surface area contributed by atoms with Crippen molar-refractivity contribution in [3.8, 4) is 11.4 Å². The molecule has 21 heavy (non-hydrogen) atoms. The standard InChI is InChI=1S/C15H16ClN3O2/c1-10(20)19-8-2-3-12(9-19)15-17-14(18-21-15)11-4-6-13(16)7-5-11/h4-7,12H,2-3,8-9H2,1H3/t12-/m1/s1. The minimum Gasteiger partial charge on any atom is -0.342 e. The van der Waals surface area contributed by atoms with Crippen LogP contribution in [0.5, 0.6) is 0 Å². The summed E-state index contributed by atoms with van der Waals surface area (Å²) in [4.78, 5) is 17.8. The average Bonchev–Trinajstić information content (AvgIpc) is 2.98. The fourth-order valence-electron chi connectivity index (χ4n) is 2.58. The number of aromatic nitrogens is 2. The highest BCUT2D eigenvalue weighted by Gasteiger charge is 2.27. The zero-order valence-electron chi connectivity index (χ0n) is 11.8. The van der Waals surface area contributed by atoms with Gasteiger partial charge in [-0.2, -0.15) is 4.98 Å². The van der Waals surface area contributed by atoms with E-state index in [0.717, 1.165) is 24.9 Å². The third kappa shape index (κ3) is 3.08. The topological polar surface area (TPSA) is 59.2 Å². The smallest absolute Gasteiger partial charge is 0.231 e. The van der Waals surface area contributed by atoms with E-state index in [4.69, 9.17) is 16.1 Å². The van der Waals surface area contributed by atoms with Gasteiger partial charge in [0.2, 0.25) is 17.6 Å². The van der Waals surface area contributed by atoms with Crippen molar-refractivity contribution in [2.45, 2.75) is 25.7 Å². The Morgan fingerprint density at radius 1 is 1.38 bits per heavy atom. The molecule has 0 spiro atoms. The highest BCUT2D eigenvalue weighted by molar-refractivity contribution is 6.30. The Kier molecular flexibility index (Phi) is 3.92. The van der Waals surface area contributed by atoms with Crippen LogP contribution in [0.15, 0.2) is 28.8 Å². The largest absolute Gasteiger partial charge is 0.342 e. The fourth-order valence-corrected chi connectivity index (χ4v) is 2.71. The SMILES string of the molecule is CC(=O)N1CCC[C@@H](c2nc(-c3ccc(Cl)cc3)no2)C1. The lowest BCUT2D eigenvalue weighted by Crippen LogP contribution is -2.37. The monoisotopic (exact) mass is 305 g/mol. The van der Waals surface area contributed by atoms with E-state index in [1.807, 2.05) is 17.0 Å². The van der Waals surface area contributed by atoms with Crippen LogP contribution in [0.3, 0.4) is 0 Å². The lowest BCUT2D eigenvalue weighted by atomic mass is 9.98. The van der Waals surface area contributed by atoms with Crippen LogP contribution in [0.1, 0.15) is 31.6 Å². The number of hydrogen-bond acceptors (Lipinski definition) is 4. The maximum absolute atomic E-state index is 11.5. The van der Waals surface area contributed by atoms with Gasteiger partial charge < -0.3 is 9.42 Å². The van der Waals surface area contributed by atoms with E-state index in [-0.39, 0.29) is 11.8 Å². The summed E-state index contributed by atoms with van der Waals surface area (Å²) in [5.41, 5.74) is 0.869. The molecule has 1 aromatic heterocycles. The van der Waals surface area contributed by atoms with Crippen molar-refractivity contribution >= 4 is 17.5 Å². The van der Waals surface area contributed by atoms with E-state index >= 15 is 0 Å². The molecule has 0 saturated carbocycles. The molecule has 2 aromatic rings. The molecule has 0 radical (unpaired) electrons. The van der Waals surface area contributed by atoms with Crippen LogP contribution in [0, 0.1) is 0 Å². The zero-order chi connectivity index (χ0) is 14.8. The van der Waals surface area contributed by atoms with Crippen LogP contribution in [-0.2, 0) is 4.79 Å². The van der Waals surface area contributed by atoms with Gasteiger partial charge in [0.1, 0.15) is 0 Å². The molecule has 5 nitrogen and oxygen atoms in total. The Labute approximate surface area is 127 Å². The minimum absolute atomic E-state index is 0.0946. The summed E-state index contributed by atoms with van der Waals surface area (Å²) in [7, 11) is 0. The lowest BCUT2D eigenvalue weighted by molar-refractivity contribution is -0.130. The first-order chi connectivity index (χ1) is 10.1. The molecule has 1 atom stereocenters. The molecule has 1 fully saturated rings. The third-order valence-electron chi connectivity index (χ3n) is 3.76. The number of likely N-dealkylation sites (tertiary alicyclic amines) is 1. The number of rotatable bonds is 2. The highest BCUT2D eigenvalue weighted by atomic mass is 35.5. The van der Waals surface area contributed by atoms with Crippen molar-refractivity contribution < 1.29 is 9.32 Å². The summed E-state index contributed by atoms with van der Waals surface area (Å²) in [6, 6.07) is 7.31. The van der Waals surface area contributed by atoms with E-state index in [0.29, 0.717) is 23.3 Å². The Bertz CT molecular complexity index is 639. The molecule has 1 aliphatic rings. The van der Waals surface area contributed by atoms with Gasteiger partial charge in [0.25, 0.3) is 0 Å². The maximum atomic E-state index is 11.5. The molecule has 1 amide bonds. The van der Waals surface area contributed by atoms with Crippen LogP contribution in [0.2, 0.25) is 5.02 Å². The van der Waals surface area contributed by atoms with Crippen molar-refractivity contribution in [2.75, 3.05) is 13.1 Å². The summed E-state index contributed by atoms with van der Waals surface area (Å²) in [6.07, 6.45) is 1.93. The highest BCUT2D eigenvalue weighted by Crippen LogP contribution is 2.27. The summed E-state index contributed by atoms with van der Waals surface area (Å²) in [6.45, 7) is 3.05. The number of nitrogens with zero attached hydrogens (tertiary/aromatic N) is 3. The predicted molar refractivity (Wildman–Crippen MR) is 79.0 cm³/mol. The van der Waals surface area contributed by atoms with Gasteiger partial charge in [-0.1, -0.05) is 16.8 Å². The van der Waals surface area contributed by atoms with Crippen molar-refractivity contribution in [2.24, 2.45) is 0 Å². The molecule has 110 valence electrons. The van der Waals surface area contributed by atoms with E-state index in [1.54, 1.807) is 19.1 Å². The summed E-state index contributed by atoms with van der Waals surface area (Å²) < 4.78 is 5.38. The van der Waals surface area contributed by atoms with Gasteiger partial charge in [-0.3, -0.25) is 4.79 Å². The van der Waals surface area contributed by atoms with Gasteiger partial charge in [0.15, 0.2) is 0 Å². The number of hydrogen-bond donors (Lipinski definition) is 0. The molecular weight excluding hydrogens is 290 g/mol. The summed E-state index contributed by atoms with van der Waals surface area (Å²) in [5.74, 6) is 1.38. The fraction of sp³-hybridized carbons (Fsp3) is 0.400. The first kappa shape index (κ1) is 14.1. The van der Waals surface area contributed by atoms with Crippen molar-refractivity contribution in [1.29, 1.82) is 0 Å². The summed E-state index contributed by atoms with van der Waals surface area (Å²) >= 11 is 5.87. The Morgan fingerprint density at radius 3 is 2.86 bits per heavy atom. The van der Waals surface area contributed by atoms with E-state index in [9.17, 15) is 4.79 Å². The number of carbonyl (C=O) groups excluding carboxylic acids is 1. The van der Waals surface area contributed by atoms with Gasteiger partial charge in [-0.25, -0.2) is 0 Å². The third-order valence-corrected chi connectivity index (χ3v) is 4.01. The van der Waals surface area contributed by atoms with Gasteiger partial charge in [0, 0.05) is 30.6 Å². The molecule has 0 unspecified atom stereocenters. The number of piperidine rings is 1. The van der Waals surface area contributed by atoms with Gasteiger partial charge >= 0.3 is 0 Å². The first-order valence-electron chi connectivity index (χ1n) is 6.98. The van der Waals surface area contributed by atoms with Crippen LogP contribution in [0.4, 0.5) is 0 Å². The van der Waals surface area contributed by atoms with Gasteiger partial charge in [0.05, 0.1) is 5.92 Å². The Morgan fingerprint density at radius 2 is 2.14 bits per heavy atom. The van der Waals surface area contributed by atoms with E-state index in [1.165, 1.54) is 0 Å². The second-order valence-corrected chi connectivity index (χ2v) is 5.70. The zero-order valence-corrected chi connectivity index (χ0v) is 12.5. The predicted octanol–water partition coefficient (Wildman–Crippen LogP) is 3.12. The average molecular weight is 306 g/mol. The maximum Gasteiger partial charge on any atom is 0.231 e. The molecule has 3 rings (SSSR count). The van der Waals surface area contributed by atoms with Crippen LogP contribution >= 0.6 is 11.6 Å². The van der Waals surface area contributed by atoms with E-state index in [2.05, 4.69) is 10.1 Å². The molecular formula is C15H16ClN3O2. The summed E-state index contributed by atoms with van der Waals surface area (Å²) in [5, 5.41) is 4.70. The van der Waals surface area contributed by atoms with Crippen LogP contribution in [0.25, 0.3) is 11.4 Å². The number of amides is 1. The first-order valence-corrected chi connectivity index (χ1v) is 7.36. The lowest BCUT2D eigenvalue weighted by Gasteiger charge is -2.29. The molecule has 1 aromatic carbocycles. The quantitative estimate of drug-likeness (QED) is 0.855.